The molecule has 2 N–H and O–H groups in total. The number of fused-ring (bicyclic) bond motifs is 3. The highest BCUT2D eigenvalue weighted by Crippen LogP contribution is 2.36. The standard InChI is InChI=1S/C16H23N3O3/c1-16(2,3)22-15(20)18-6-7-19-12(9-18)10-21-14-8-11(17)4-5-13(14)19/h4-5,8,12H,6-7,9-10,17H2,1-3H3/t12-/m1/s1. The maximum atomic E-state index is 12.2. The van der Waals surface area contributed by atoms with Crippen LogP contribution in [0, 0.1) is 0 Å². The Labute approximate surface area is 130 Å². The van der Waals surface area contributed by atoms with Gasteiger partial charge in [-0.2, -0.15) is 0 Å². The Balaban J connectivity index is 1.71. The van der Waals surface area contributed by atoms with Crippen molar-refractivity contribution in [3.05, 3.63) is 18.2 Å². The van der Waals surface area contributed by atoms with Crippen LogP contribution in [0.25, 0.3) is 0 Å². The van der Waals surface area contributed by atoms with Gasteiger partial charge in [-0.05, 0) is 32.9 Å². The lowest BCUT2D eigenvalue weighted by atomic mass is 10.1. The van der Waals surface area contributed by atoms with E-state index in [1.54, 1.807) is 4.90 Å². The highest BCUT2D eigenvalue weighted by Gasteiger charge is 2.35. The van der Waals surface area contributed by atoms with E-state index in [1.807, 2.05) is 39.0 Å². The summed E-state index contributed by atoms with van der Waals surface area (Å²) in [5, 5.41) is 0. The maximum Gasteiger partial charge on any atom is 0.410 e. The second-order valence-electron chi connectivity index (χ2n) is 6.81. The maximum absolute atomic E-state index is 12.2. The lowest BCUT2D eigenvalue weighted by Gasteiger charge is -2.45. The normalized spacial score (nSPS) is 20.8. The van der Waals surface area contributed by atoms with Crippen LogP contribution in [-0.4, -0.2) is 48.9 Å². The third kappa shape index (κ3) is 2.91. The molecule has 0 bridgehead atoms. The van der Waals surface area contributed by atoms with Crippen LogP contribution >= 0.6 is 0 Å². The number of nitrogens with zero attached hydrogens (tertiary/aromatic N) is 2. The average Bonchev–Trinajstić information content (AvgIpc) is 2.44. The zero-order valence-electron chi connectivity index (χ0n) is 13.3. The van der Waals surface area contributed by atoms with Gasteiger partial charge in [0.25, 0.3) is 0 Å². The largest absolute Gasteiger partial charge is 0.489 e. The molecule has 6 nitrogen and oxygen atoms in total. The smallest absolute Gasteiger partial charge is 0.410 e. The molecule has 120 valence electrons. The van der Waals surface area contributed by atoms with Crippen molar-refractivity contribution in [2.45, 2.75) is 32.4 Å². The van der Waals surface area contributed by atoms with Gasteiger partial charge in [0.1, 0.15) is 18.0 Å². The molecule has 1 amide bonds. The Morgan fingerprint density at radius 1 is 1.36 bits per heavy atom. The molecule has 0 aliphatic carbocycles. The van der Waals surface area contributed by atoms with Crippen molar-refractivity contribution in [2.75, 3.05) is 36.9 Å². The van der Waals surface area contributed by atoms with Crippen LogP contribution in [0.2, 0.25) is 0 Å². The molecule has 0 saturated carbocycles. The van der Waals surface area contributed by atoms with E-state index in [0.29, 0.717) is 25.4 Å². The minimum atomic E-state index is -0.471. The molecule has 0 radical (unpaired) electrons. The lowest BCUT2D eigenvalue weighted by molar-refractivity contribution is 0.0195. The Morgan fingerprint density at radius 2 is 2.14 bits per heavy atom. The number of carbonyl (C=O) groups excluding carboxylic acids is 1. The summed E-state index contributed by atoms with van der Waals surface area (Å²) >= 11 is 0. The highest BCUT2D eigenvalue weighted by atomic mass is 16.6. The summed E-state index contributed by atoms with van der Waals surface area (Å²) in [6.07, 6.45) is -0.254. The van der Waals surface area contributed by atoms with Crippen molar-refractivity contribution in [1.82, 2.24) is 4.90 Å². The van der Waals surface area contributed by atoms with Crippen LogP contribution in [-0.2, 0) is 4.74 Å². The number of rotatable bonds is 0. The summed E-state index contributed by atoms with van der Waals surface area (Å²) < 4.78 is 11.3. The lowest BCUT2D eigenvalue weighted by Crippen LogP contribution is -2.59. The second-order valence-corrected chi connectivity index (χ2v) is 6.81. The molecule has 3 rings (SSSR count). The zero-order chi connectivity index (χ0) is 15.9. The van der Waals surface area contributed by atoms with Crippen molar-refractivity contribution in [1.29, 1.82) is 0 Å². The minimum absolute atomic E-state index is 0.150. The molecule has 1 saturated heterocycles. The van der Waals surface area contributed by atoms with E-state index >= 15 is 0 Å². The number of amides is 1. The number of piperazine rings is 1. The van der Waals surface area contributed by atoms with E-state index in [2.05, 4.69) is 4.90 Å². The third-order valence-electron chi connectivity index (χ3n) is 3.86. The van der Waals surface area contributed by atoms with Gasteiger partial charge >= 0.3 is 6.09 Å². The van der Waals surface area contributed by atoms with Gasteiger partial charge in [-0.3, -0.25) is 0 Å². The molecule has 1 aromatic carbocycles. The summed E-state index contributed by atoms with van der Waals surface area (Å²) in [4.78, 5) is 16.3. The summed E-state index contributed by atoms with van der Waals surface area (Å²) in [6, 6.07) is 5.87. The molecule has 2 heterocycles. The molecule has 0 spiro atoms. The molecule has 1 fully saturated rings. The fourth-order valence-electron chi connectivity index (χ4n) is 2.88. The molecule has 22 heavy (non-hydrogen) atoms. The quantitative estimate of drug-likeness (QED) is 0.743. The monoisotopic (exact) mass is 305 g/mol. The number of nitrogen functional groups attached to an aromatic ring is 1. The minimum Gasteiger partial charge on any atom is -0.489 e. The van der Waals surface area contributed by atoms with Gasteiger partial charge in [0, 0.05) is 31.4 Å². The van der Waals surface area contributed by atoms with E-state index in [0.717, 1.165) is 18.0 Å². The Morgan fingerprint density at radius 3 is 2.86 bits per heavy atom. The highest BCUT2D eigenvalue weighted by molar-refractivity contribution is 5.70. The Kier molecular flexibility index (Phi) is 3.54. The van der Waals surface area contributed by atoms with Gasteiger partial charge in [0.05, 0.1) is 11.7 Å². The molecular formula is C16H23N3O3. The number of nitrogens with two attached hydrogens (primary N) is 1. The van der Waals surface area contributed by atoms with Crippen molar-refractivity contribution in [3.63, 3.8) is 0 Å². The van der Waals surface area contributed by atoms with Crippen LogP contribution in [0.15, 0.2) is 18.2 Å². The summed E-state index contributed by atoms with van der Waals surface area (Å²) in [5.74, 6) is 0.821. The van der Waals surface area contributed by atoms with E-state index in [-0.39, 0.29) is 12.1 Å². The van der Waals surface area contributed by atoms with E-state index in [4.69, 9.17) is 15.2 Å². The van der Waals surface area contributed by atoms with Gasteiger partial charge in [-0.1, -0.05) is 0 Å². The summed E-state index contributed by atoms with van der Waals surface area (Å²) in [5.41, 5.74) is 7.08. The van der Waals surface area contributed by atoms with Gasteiger partial charge in [-0.15, -0.1) is 0 Å². The Hall–Kier alpha value is -2.11. The predicted molar refractivity (Wildman–Crippen MR) is 85.3 cm³/mol. The second kappa shape index (κ2) is 5.26. The molecule has 2 aliphatic rings. The van der Waals surface area contributed by atoms with Crippen LogP contribution in [0.5, 0.6) is 5.75 Å². The first-order valence-corrected chi connectivity index (χ1v) is 7.60. The number of anilines is 2. The average molecular weight is 305 g/mol. The van der Waals surface area contributed by atoms with Crippen molar-refractivity contribution in [2.24, 2.45) is 0 Å². The van der Waals surface area contributed by atoms with Crippen LogP contribution in [0.4, 0.5) is 16.2 Å². The molecule has 2 aliphatic heterocycles. The fraction of sp³-hybridized carbons (Fsp3) is 0.562. The number of hydrogen-bond donors (Lipinski definition) is 1. The number of carbonyl (C=O) groups is 1. The molecular weight excluding hydrogens is 282 g/mol. The first-order valence-electron chi connectivity index (χ1n) is 7.60. The van der Waals surface area contributed by atoms with Gasteiger partial charge < -0.3 is 25.0 Å². The SMILES string of the molecule is CC(C)(C)OC(=O)N1CCN2c3ccc(N)cc3OC[C@H]2C1. The number of benzene rings is 1. The fourth-order valence-corrected chi connectivity index (χ4v) is 2.88. The molecule has 1 aromatic rings. The van der Waals surface area contributed by atoms with E-state index in [9.17, 15) is 4.79 Å². The molecule has 6 heteroatoms. The first-order chi connectivity index (χ1) is 10.3. The van der Waals surface area contributed by atoms with Crippen LogP contribution in [0.1, 0.15) is 20.8 Å². The van der Waals surface area contributed by atoms with E-state index < -0.39 is 5.60 Å². The number of hydrogen-bond acceptors (Lipinski definition) is 5. The van der Waals surface area contributed by atoms with Gasteiger partial charge in [0.15, 0.2) is 0 Å². The van der Waals surface area contributed by atoms with Crippen LogP contribution < -0.4 is 15.4 Å². The zero-order valence-corrected chi connectivity index (χ0v) is 13.3. The number of ether oxygens (including phenoxy) is 2. The van der Waals surface area contributed by atoms with Crippen LogP contribution in [0.3, 0.4) is 0 Å². The molecule has 0 aromatic heterocycles. The van der Waals surface area contributed by atoms with Gasteiger partial charge in [-0.25, -0.2) is 4.79 Å². The topological polar surface area (TPSA) is 68.0 Å². The Bertz CT molecular complexity index is 582. The third-order valence-corrected chi connectivity index (χ3v) is 3.86. The van der Waals surface area contributed by atoms with Crippen molar-refractivity contribution >= 4 is 17.5 Å². The van der Waals surface area contributed by atoms with Crippen molar-refractivity contribution < 1.29 is 14.3 Å². The molecule has 1 atom stereocenters. The predicted octanol–water partition coefficient (Wildman–Crippen LogP) is 2.09. The summed E-state index contributed by atoms with van der Waals surface area (Å²) in [7, 11) is 0. The summed E-state index contributed by atoms with van der Waals surface area (Å²) in [6.45, 7) is 8.22. The first kappa shape index (κ1) is 14.8. The van der Waals surface area contributed by atoms with E-state index in [1.165, 1.54) is 0 Å². The van der Waals surface area contributed by atoms with Gasteiger partial charge in [0.2, 0.25) is 0 Å². The molecule has 0 unspecified atom stereocenters. The van der Waals surface area contributed by atoms with Crippen molar-refractivity contribution in [3.8, 4) is 5.75 Å².